The predicted molar refractivity (Wildman–Crippen MR) is 93.7 cm³/mol. The molecule has 3 rings (SSSR count). The molecule has 0 bridgehead atoms. The van der Waals surface area contributed by atoms with Crippen molar-refractivity contribution < 1.29 is 18.0 Å². The maximum absolute atomic E-state index is 13.0. The largest absolute Gasteiger partial charge is 0.437 e. The van der Waals surface area contributed by atoms with Crippen LogP contribution in [0.2, 0.25) is 0 Å². The topological polar surface area (TPSA) is 68.3 Å². The van der Waals surface area contributed by atoms with Gasteiger partial charge in [0.15, 0.2) is 0 Å². The Morgan fingerprint density at radius 3 is 2.26 bits per heavy atom. The minimum Gasteiger partial charge on any atom is -0.388 e. The first-order valence-corrected chi connectivity index (χ1v) is 8.20. The first-order valence-electron chi connectivity index (χ1n) is 8.20. The first-order chi connectivity index (χ1) is 12.8. The Kier molecular flexibility index (Phi) is 5.16. The van der Waals surface area contributed by atoms with Gasteiger partial charge in [0.1, 0.15) is 18.2 Å². The summed E-state index contributed by atoms with van der Waals surface area (Å²) in [7, 11) is 1.59. The molecule has 27 heavy (non-hydrogen) atoms. The number of carbonyl (C=O) groups excluding carboxylic acids is 1. The van der Waals surface area contributed by atoms with Gasteiger partial charge >= 0.3 is 5.76 Å². The molecule has 2 aromatic carbocycles. The van der Waals surface area contributed by atoms with E-state index in [1.807, 2.05) is 0 Å². The van der Waals surface area contributed by atoms with Gasteiger partial charge in [-0.1, -0.05) is 12.1 Å². The Bertz CT molecular complexity index is 994. The monoisotopic (exact) mass is 373 g/mol. The lowest BCUT2D eigenvalue weighted by molar-refractivity contribution is -0.132. The zero-order valence-corrected chi connectivity index (χ0v) is 14.7. The molecule has 140 valence electrons. The fourth-order valence-electron chi connectivity index (χ4n) is 2.54. The molecule has 0 unspecified atom stereocenters. The van der Waals surface area contributed by atoms with Gasteiger partial charge in [0.25, 0.3) is 0 Å². The lowest BCUT2D eigenvalue weighted by Gasteiger charge is -2.25. The lowest BCUT2D eigenvalue weighted by Crippen LogP contribution is -2.35. The summed E-state index contributed by atoms with van der Waals surface area (Å²) in [4.78, 5) is 25.9. The van der Waals surface area contributed by atoms with E-state index in [0.717, 1.165) is 10.2 Å². The molecule has 3 aromatic rings. The summed E-state index contributed by atoms with van der Waals surface area (Å²) >= 11 is 0. The van der Waals surface area contributed by atoms with Crippen molar-refractivity contribution in [2.24, 2.45) is 0 Å². The zero-order valence-electron chi connectivity index (χ0n) is 14.7. The van der Waals surface area contributed by atoms with Crippen molar-refractivity contribution >= 4 is 5.91 Å². The van der Waals surface area contributed by atoms with Crippen LogP contribution >= 0.6 is 0 Å². The van der Waals surface area contributed by atoms with Gasteiger partial charge in [0, 0.05) is 12.6 Å². The highest BCUT2D eigenvalue weighted by Crippen LogP contribution is 2.20. The van der Waals surface area contributed by atoms with E-state index in [0.29, 0.717) is 5.56 Å². The molecule has 0 aliphatic rings. The molecule has 0 aliphatic heterocycles. The van der Waals surface area contributed by atoms with Crippen molar-refractivity contribution in [1.29, 1.82) is 0 Å². The number of carbonyl (C=O) groups is 1. The Hall–Kier alpha value is -3.29. The van der Waals surface area contributed by atoms with E-state index < -0.39 is 11.6 Å². The van der Waals surface area contributed by atoms with Crippen LogP contribution in [0.3, 0.4) is 0 Å². The maximum Gasteiger partial charge on any atom is 0.437 e. The van der Waals surface area contributed by atoms with E-state index in [1.165, 1.54) is 41.3 Å². The molecule has 8 heteroatoms. The SMILES string of the molecule is C[C@H](c1ccc(F)cc1)N(C)C(=O)Cn1nc(-c2ccc(F)cc2)oc1=O. The molecule has 0 aliphatic carbocycles. The molecule has 0 saturated carbocycles. The summed E-state index contributed by atoms with van der Waals surface area (Å²) in [6.45, 7) is 1.48. The quantitative estimate of drug-likeness (QED) is 0.690. The molecule has 0 N–H and O–H groups in total. The first kappa shape index (κ1) is 18.5. The number of halogens is 2. The van der Waals surface area contributed by atoms with Crippen LogP contribution in [0.25, 0.3) is 11.5 Å². The Morgan fingerprint density at radius 2 is 1.67 bits per heavy atom. The van der Waals surface area contributed by atoms with E-state index in [1.54, 1.807) is 26.1 Å². The van der Waals surface area contributed by atoms with Crippen LogP contribution in [-0.4, -0.2) is 27.6 Å². The van der Waals surface area contributed by atoms with Gasteiger partial charge in [-0.25, -0.2) is 13.6 Å². The third kappa shape index (κ3) is 4.11. The molecule has 6 nitrogen and oxygen atoms in total. The Morgan fingerprint density at radius 1 is 1.11 bits per heavy atom. The van der Waals surface area contributed by atoms with Gasteiger partial charge in [0.05, 0.1) is 6.04 Å². The second-order valence-corrected chi connectivity index (χ2v) is 6.07. The summed E-state index contributed by atoms with van der Waals surface area (Å²) in [5, 5.41) is 3.99. The predicted octanol–water partition coefficient (Wildman–Crippen LogP) is 3.00. The van der Waals surface area contributed by atoms with Crippen LogP contribution < -0.4 is 5.76 Å². The second-order valence-electron chi connectivity index (χ2n) is 6.07. The highest BCUT2D eigenvalue weighted by molar-refractivity contribution is 5.76. The minimum absolute atomic E-state index is 0.00189. The summed E-state index contributed by atoms with van der Waals surface area (Å²) < 4.78 is 32.0. The highest BCUT2D eigenvalue weighted by Gasteiger charge is 2.20. The number of amides is 1. The number of likely N-dealkylation sites (N-methyl/N-ethyl adjacent to an activating group) is 1. The number of aromatic nitrogens is 2. The standard InChI is InChI=1S/C19H17F2N3O3/c1-12(13-3-7-15(20)8-4-13)23(2)17(25)11-24-19(26)27-18(22-24)14-5-9-16(21)10-6-14/h3-10,12H,11H2,1-2H3/t12-/m1/s1. The number of nitrogens with zero attached hydrogens (tertiary/aromatic N) is 3. The van der Waals surface area contributed by atoms with Crippen molar-refractivity contribution in [2.45, 2.75) is 19.5 Å². The molecule has 1 aromatic heterocycles. The molecular formula is C19H17F2N3O3. The van der Waals surface area contributed by atoms with Crippen LogP contribution in [0.4, 0.5) is 8.78 Å². The molecule has 0 spiro atoms. The molecule has 1 amide bonds. The number of hydrogen-bond donors (Lipinski definition) is 0. The Balaban J connectivity index is 1.74. The highest BCUT2D eigenvalue weighted by atomic mass is 19.1. The summed E-state index contributed by atoms with van der Waals surface area (Å²) in [5.74, 6) is -1.94. The zero-order chi connectivity index (χ0) is 19.6. The van der Waals surface area contributed by atoms with Gasteiger partial charge < -0.3 is 9.32 Å². The third-order valence-corrected chi connectivity index (χ3v) is 4.31. The van der Waals surface area contributed by atoms with Crippen molar-refractivity contribution in [1.82, 2.24) is 14.7 Å². The maximum atomic E-state index is 13.0. The van der Waals surface area contributed by atoms with Gasteiger partial charge in [-0.2, -0.15) is 4.68 Å². The normalized spacial score (nSPS) is 12.0. The molecule has 0 radical (unpaired) electrons. The molecule has 1 heterocycles. The van der Waals surface area contributed by atoms with Crippen molar-refractivity contribution in [2.75, 3.05) is 7.05 Å². The minimum atomic E-state index is -0.787. The summed E-state index contributed by atoms with van der Waals surface area (Å²) in [5.41, 5.74) is 1.18. The van der Waals surface area contributed by atoms with Crippen molar-refractivity contribution in [3.05, 3.63) is 76.3 Å². The Labute approximate surface area is 153 Å². The van der Waals surface area contributed by atoms with Gasteiger partial charge in [-0.3, -0.25) is 4.79 Å². The fourth-order valence-corrected chi connectivity index (χ4v) is 2.54. The van der Waals surface area contributed by atoms with E-state index in [4.69, 9.17) is 4.42 Å². The van der Waals surface area contributed by atoms with E-state index in [-0.39, 0.29) is 30.2 Å². The molecule has 0 fully saturated rings. The van der Waals surface area contributed by atoms with Crippen LogP contribution in [0, 0.1) is 11.6 Å². The fraction of sp³-hybridized carbons (Fsp3) is 0.211. The van der Waals surface area contributed by atoms with Crippen molar-refractivity contribution in [3.8, 4) is 11.5 Å². The van der Waals surface area contributed by atoms with Crippen LogP contribution in [0.1, 0.15) is 18.5 Å². The van der Waals surface area contributed by atoms with Crippen LogP contribution in [0.5, 0.6) is 0 Å². The number of benzene rings is 2. The molecule has 0 saturated heterocycles. The molecule has 1 atom stereocenters. The van der Waals surface area contributed by atoms with E-state index in [9.17, 15) is 18.4 Å². The van der Waals surface area contributed by atoms with Crippen LogP contribution in [0.15, 0.2) is 57.7 Å². The van der Waals surface area contributed by atoms with Gasteiger partial charge in [-0.15, -0.1) is 5.10 Å². The van der Waals surface area contributed by atoms with E-state index in [2.05, 4.69) is 5.10 Å². The number of rotatable bonds is 5. The summed E-state index contributed by atoms with van der Waals surface area (Å²) in [6, 6.07) is 10.8. The lowest BCUT2D eigenvalue weighted by atomic mass is 10.1. The van der Waals surface area contributed by atoms with Crippen molar-refractivity contribution in [3.63, 3.8) is 0 Å². The van der Waals surface area contributed by atoms with Gasteiger partial charge in [0.2, 0.25) is 11.8 Å². The average molecular weight is 373 g/mol. The molecular weight excluding hydrogens is 356 g/mol. The third-order valence-electron chi connectivity index (χ3n) is 4.31. The average Bonchev–Trinajstić information content (AvgIpc) is 3.02. The van der Waals surface area contributed by atoms with Gasteiger partial charge in [-0.05, 0) is 48.9 Å². The summed E-state index contributed by atoms with van der Waals surface area (Å²) in [6.07, 6.45) is 0. The van der Waals surface area contributed by atoms with E-state index >= 15 is 0 Å². The smallest absolute Gasteiger partial charge is 0.388 e. The number of hydrogen-bond acceptors (Lipinski definition) is 4. The van der Waals surface area contributed by atoms with Crippen LogP contribution in [-0.2, 0) is 11.3 Å². The second kappa shape index (κ2) is 7.53.